The van der Waals surface area contributed by atoms with Crippen molar-refractivity contribution < 1.29 is 4.79 Å². The van der Waals surface area contributed by atoms with Gasteiger partial charge < -0.3 is 10.3 Å². The van der Waals surface area contributed by atoms with Gasteiger partial charge in [-0.1, -0.05) is 48.4 Å². The lowest BCUT2D eigenvalue weighted by atomic mass is 9.85. The topological polar surface area (TPSA) is 48.0 Å². The van der Waals surface area contributed by atoms with Gasteiger partial charge in [0.05, 0.1) is 0 Å². The van der Waals surface area contributed by atoms with Crippen LogP contribution in [0.15, 0.2) is 48.7 Å². The predicted octanol–water partition coefficient (Wildman–Crippen LogP) is 5.23. The highest BCUT2D eigenvalue weighted by atomic mass is 35.5. The third-order valence-electron chi connectivity index (χ3n) is 5.18. The van der Waals surface area contributed by atoms with Crippen molar-refractivity contribution in [1.29, 1.82) is 0 Å². The van der Waals surface area contributed by atoms with Crippen molar-refractivity contribution in [3.63, 3.8) is 0 Å². The summed E-state index contributed by atoms with van der Waals surface area (Å²) in [5.74, 6) is 0.103. The zero-order valence-electron chi connectivity index (χ0n) is 15.3. The minimum absolute atomic E-state index is 0.119. The minimum Gasteiger partial charge on any atom is -0.369 e. The molecule has 0 unspecified atom stereocenters. The van der Waals surface area contributed by atoms with Crippen LogP contribution in [0.2, 0.25) is 5.02 Å². The summed E-state index contributed by atoms with van der Waals surface area (Å²) in [6, 6.07) is 14.6. The molecule has 2 N–H and O–H groups in total. The molecule has 1 aromatic heterocycles. The summed E-state index contributed by atoms with van der Waals surface area (Å²) >= 11 is 6.32. The van der Waals surface area contributed by atoms with Crippen LogP contribution in [0.4, 0.5) is 0 Å². The first-order valence-electron chi connectivity index (χ1n) is 9.05. The average Bonchev–Trinajstić information content (AvgIpc) is 2.86. The van der Waals surface area contributed by atoms with Crippen molar-refractivity contribution in [2.24, 2.45) is 11.7 Å². The average molecular weight is 369 g/mol. The molecule has 0 radical (unpaired) electrons. The second-order valence-corrected chi connectivity index (χ2v) is 7.43. The summed E-state index contributed by atoms with van der Waals surface area (Å²) in [6.45, 7) is 5.08. The normalized spacial score (nSPS) is 13.8. The van der Waals surface area contributed by atoms with Gasteiger partial charge >= 0.3 is 0 Å². The fourth-order valence-electron chi connectivity index (χ4n) is 3.29. The Kier molecular flexibility index (Phi) is 5.67. The first-order valence-corrected chi connectivity index (χ1v) is 9.43. The lowest BCUT2D eigenvalue weighted by Crippen LogP contribution is -2.28. The third kappa shape index (κ3) is 3.94. The molecule has 3 aromatic rings. The van der Waals surface area contributed by atoms with Crippen LogP contribution in [-0.2, 0) is 11.3 Å². The van der Waals surface area contributed by atoms with Crippen LogP contribution in [0.1, 0.15) is 36.0 Å². The maximum absolute atomic E-state index is 10.2. The van der Waals surface area contributed by atoms with Gasteiger partial charge in [-0.15, -0.1) is 0 Å². The lowest BCUT2D eigenvalue weighted by Gasteiger charge is -2.20. The molecule has 1 aliphatic rings. The van der Waals surface area contributed by atoms with E-state index in [-0.39, 0.29) is 11.8 Å². The molecule has 4 rings (SSSR count). The Morgan fingerprint density at radius 3 is 2.42 bits per heavy atom. The molecule has 3 nitrogen and oxygen atoms in total. The van der Waals surface area contributed by atoms with Crippen molar-refractivity contribution in [1.82, 2.24) is 4.57 Å². The molecule has 0 saturated heterocycles. The Hall–Kier alpha value is -2.26. The number of benzene rings is 2. The van der Waals surface area contributed by atoms with Crippen molar-refractivity contribution in [3.05, 3.63) is 70.4 Å². The number of amides is 1. The Morgan fingerprint density at radius 2 is 1.85 bits per heavy atom. The van der Waals surface area contributed by atoms with Crippen LogP contribution in [0.25, 0.3) is 10.9 Å². The minimum atomic E-state index is -0.119. The molecule has 0 atom stereocenters. The number of fused-ring (bicyclic) bond motifs is 1. The van der Waals surface area contributed by atoms with E-state index in [9.17, 15) is 4.79 Å². The van der Waals surface area contributed by atoms with Gasteiger partial charge in [-0.25, -0.2) is 0 Å². The zero-order valence-corrected chi connectivity index (χ0v) is 16.1. The largest absolute Gasteiger partial charge is 0.369 e. The fraction of sp³-hybridized carbons (Fsp3) is 0.318. The first-order chi connectivity index (χ1) is 12.5. The van der Waals surface area contributed by atoms with Crippen LogP contribution in [0.3, 0.4) is 0 Å². The number of carbonyl (C=O) groups excluding carboxylic acids is 1. The number of rotatable bonds is 3. The second-order valence-electron chi connectivity index (χ2n) is 7.02. The van der Waals surface area contributed by atoms with E-state index < -0.39 is 0 Å². The van der Waals surface area contributed by atoms with E-state index in [0.29, 0.717) is 0 Å². The van der Waals surface area contributed by atoms with Gasteiger partial charge in [-0.3, -0.25) is 4.79 Å². The number of halogens is 1. The van der Waals surface area contributed by atoms with Crippen molar-refractivity contribution in [2.75, 3.05) is 0 Å². The number of hydrogen-bond acceptors (Lipinski definition) is 1. The summed E-state index contributed by atoms with van der Waals surface area (Å²) in [5, 5.41) is 2.16. The van der Waals surface area contributed by atoms with Gasteiger partial charge in [0.2, 0.25) is 5.91 Å². The highest BCUT2D eigenvalue weighted by molar-refractivity contribution is 6.31. The van der Waals surface area contributed by atoms with Gasteiger partial charge in [0.25, 0.3) is 0 Å². The smallest absolute Gasteiger partial charge is 0.220 e. The highest BCUT2D eigenvalue weighted by Crippen LogP contribution is 2.26. The molecule has 2 aromatic carbocycles. The van der Waals surface area contributed by atoms with Gasteiger partial charge in [0.15, 0.2) is 0 Å². The van der Waals surface area contributed by atoms with Crippen molar-refractivity contribution in [2.45, 2.75) is 39.7 Å². The molecule has 1 heterocycles. The Bertz CT molecular complexity index is 905. The van der Waals surface area contributed by atoms with Crippen LogP contribution >= 0.6 is 11.6 Å². The molecule has 136 valence electrons. The molecule has 1 saturated carbocycles. The van der Waals surface area contributed by atoms with E-state index in [2.05, 4.69) is 54.9 Å². The van der Waals surface area contributed by atoms with Crippen LogP contribution in [0.5, 0.6) is 0 Å². The van der Waals surface area contributed by atoms with E-state index in [1.54, 1.807) is 0 Å². The summed E-state index contributed by atoms with van der Waals surface area (Å²) in [5.41, 5.74) is 9.97. The van der Waals surface area contributed by atoms with Crippen molar-refractivity contribution >= 4 is 28.4 Å². The van der Waals surface area contributed by atoms with E-state index in [0.717, 1.165) is 24.4 Å². The number of nitrogens with two attached hydrogens (primary N) is 1. The number of para-hydroxylation sites is 1. The quantitative estimate of drug-likeness (QED) is 0.675. The summed E-state index contributed by atoms with van der Waals surface area (Å²) in [4.78, 5) is 10.2. The van der Waals surface area contributed by atoms with Gasteiger partial charge in [0.1, 0.15) is 0 Å². The summed E-state index contributed by atoms with van der Waals surface area (Å²) in [7, 11) is 0. The molecular formula is C22H25ClN2O. The predicted molar refractivity (Wildman–Crippen MR) is 109 cm³/mol. The van der Waals surface area contributed by atoms with E-state index in [1.165, 1.54) is 34.0 Å². The van der Waals surface area contributed by atoms with Crippen LogP contribution in [0, 0.1) is 19.8 Å². The number of aromatic nitrogens is 1. The lowest BCUT2D eigenvalue weighted by molar-refractivity contribution is -0.124. The number of nitrogens with zero attached hydrogens (tertiary/aromatic N) is 1. The molecule has 4 heteroatoms. The van der Waals surface area contributed by atoms with E-state index in [1.807, 2.05) is 12.1 Å². The molecule has 1 aliphatic carbocycles. The van der Waals surface area contributed by atoms with Crippen LogP contribution < -0.4 is 5.73 Å². The molecule has 0 bridgehead atoms. The van der Waals surface area contributed by atoms with Crippen LogP contribution in [-0.4, -0.2) is 10.5 Å². The molecule has 1 fully saturated rings. The zero-order chi connectivity index (χ0) is 18.7. The number of carbonyl (C=O) groups is 1. The Labute approximate surface area is 159 Å². The first kappa shape index (κ1) is 18.5. The van der Waals surface area contributed by atoms with E-state index >= 15 is 0 Å². The van der Waals surface area contributed by atoms with Gasteiger partial charge in [-0.2, -0.15) is 0 Å². The van der Waals surface area contributed by atoms with E-state index in [4.69, 9.17) is 17.3 Å². The number of hydrogen-bond donors (Lipinski definition) is 1. The standard InChI is InChI=1S/C17H16ClN.C5H9NO/c1-12-6-5-8-16(18)15(12)11-19-10-13(2)14-7-3-4-9-17(14)19;6-5(7)4-2-1-3-4/h3-10H,11H2,1-2H3;4H,1-3H2,(H2,6,7). The SMILES string of the molecule is Cc1cccc(Cl)c1Cn1cc(C)c2ccccc21.NC(=O)C1CCC1. The maximum Gasteiger partial charge on any atom is 0.220 e. The Balaban J connectivity index is 0.000000236. The van der Waals surface area contributed by atoms with Gasteiger partial charge in [0, 0.05) is 34.6 Å². The van der Waals surface area contributed by atoms with Gasteiger partial charge in [-0.05, 0) is 55.5 Å². The monoisotopic (exact) mass is 368 g/mol. The molecular weight excluding hydrogens is 344 g/mol. The molecule has 0 aliphatic heterocycles. The Morgan fingerprint density at radius 1 is 1.12 bits per heavy atom. The molecule has 0 spiro atoms. The third-order valence-corrected chi connectivity index (χ3v) is 5.53. The highest BCUT2D eigenvalue weighted by Gasteiger charge is 2.21. The molecule has 1 amide bonds. The summed E-state index contributed by atoms with van der Waals surface area (Å²) in [6.07, 6.45) is 5.44. The number of primary amides is 1. The number of aryl methyl sites for hydroxylation is 2. The second kappa shape index (κ2) is 7.96. The maximum atomic E-state index is 10.2. The summed E-state index contributed by atoms with van der Waals surface area (Å²) < 4.78 is 2.28. The molecule has 26 heavy (non-hydrogen) atoms. The fourth-order valence-corrected chi connectivity index (χ4v) is 3.57. The van der Waals surface area contributed by atoms with Crippen molar-refractivity contribution in [3.8, 4) is 0 Å².